The van der Waals surface area contributed by atoms with Gasteiger partial charge in [-0.05, 0) is 24.6 Å². The first kappa shape index (κ1) is 14.1. The molecular formula is C13H12F3N3O. The Kier molecular flexibility index (Phi) is 3.52. The maximum absolute atomic E-state index is 12.6. The highest BCUT2D eigenvalue weighted by Gasteiger charge is 2.30. The van der Waals surface area contributed by atoms with Crippen LogP contribution in [0.25, 0.3) is 11.3 Å². The molecule has 7 heteroatoms. The summed E-state index contributed by atoms with van der Waals surface area (Å²) in [5, 5.41) is 0. The number of anilines is 1. The SMILES string of the molecule is COc1cc(-c2ccc(C(F)(F)F)cc2C)nc(N)n1. The van der Waals surface area contributed by atoms with Gasteiger partial charge in [0, 0.05) is 11.6 Å². The molecule has 0 fully saturated rings. The van der Waals surface area contributed by atoms with Crippen LogP contribution in [0.15, 0.2) is 24.3 Å². The smallest absolute Gasteiger partial charge is 0.416 e. The molecule has 0 radical (unpaired) electrons. The zero-order chi connectivity index (χ0) is 14.9. The summed E-state index contributed by atoms with van der Waals surface area (Å²) in [7, 11) is 1.42. The summed E-state index contributed by atoms with van der Waals surface area (Å²) in [6, 6.07) is 4.96. The summed E-state index contributed by atoms with van der Waals surface area (Å²) >= 11 is 0. The Hall–Kier alpha value is -2.31. The normalized spacial score (nSPS) is 11.4. The average molecular weight is 283 g/mol. The van der Waals surface area contributed by atoms with Crippen LogP contribution in [-0.2, 0) is 6.18 Å². The molecule has 1 aromatic heterocycles. The van der Waals surface area contributed by atoms with E-state index >= 15 is 0 Å². The van der Waals surface area contributed by atoms with E-state index in [1.807, 2.05) is 0 Å². The molecule has 0 saturated heterocycles. The van der Waals surface area contributed by atoms with Crippen molar-refractivity contribution in [3.8, 4) is 17.1 Å². The molecule has 2 rings (SSSR count). The van der Waals surface area contributed by atoms with E-state index in [0.717, 1.165) is 12.1 Å². The molecule has 0 aliphatic carbocycles. The van der Waals surface area contributed by atoms with E-state index in [4.69, 9.17) is 10.5 Å². The summed E-state index contributed by atoms with van der Waals surface area (Å²) in [4.78, 5) is 7.84. The number of nitrogen functional groups attached to an aromatic ring is 1. The van der Waals surface area contributed by atoms with Crippen molar-refractivity contribution in [2.24, 2.45) is 0 Å². The first-order valence-corrected chi connectivity index (χ1v) is 5.68. The Bertz CT molecular complexity index is 641. The molecule has 2 aromatic rings. The van der Waals surface area contributed by atoms with Crippen molar-refractivity contribution < 1.29 is 17.9 Å². The number of hydrogen-bond donors (Lipinski definition) is 1. The van der Waals surface area contributed by atoms with E-state index < -0.39 is 11.7 Å². The van der Waals surface area contributed by atoms with E-state index in [0.29, 0.717) is 16.8 Å². The fourth-order valence-electron chi connectivity index (χ4n) is 1.81. The van der Waals surface area contributed by atoms with Crippen LogP contribution in [-0.4, -0.2) is 17.1 Å². The van der Waals surface area contributed by atoms with E-state index in [1.54, 1.807) is 6.92 Å². The number of benzene rings is 1. The number of aryl methyl sites for hydroxylation is 1. The fraction of sp³-hybridized carbons (Fsp3) is 0.231. The molecule has 0 unspecified atom stereocenters. The van der Waals surface area contributed by atoms with Gasteiger partial charge in [-0.3, -0.25) is 0 Å². The van der Waals surface area contributed by atoms with Crippen molar-refractivity contribution in [3.63, 3.8) is 0 Å². The third-order valence-electron chi connectivity index (χ3n) is 2.76. The highest BCUT2D eigenvalue weighted by molar-refractivity contribution is 5.65. The van der Waals surface area contributed by atoms with Crippen molar-refractivity contribution in [1.82, 2.24) is 9.97 Å². The Morgan fingerprint density at radius 3 is 2.40 bits per heavy atom. The zero-order valence-electron chi connectivity index (χ0n) is 10.8. The van der Waals surface area contributed by atoms with Crippen LogP contribution in [0.5, 0.6) is 5.88 Å². The van der Waals surface area contributed by atoms with Gasteiger partial charge in [-0.2, -0.15) is 18.2 Å². The van der Waals surface area contributed by atoms with Gasteiger partial charge in [0.15, 0.2) is 0 Å². The predicted molar refractivity (Wildman–Crippen MR) is 68.2 cm³/mol. The van der Waals surface area contributed by atoms with Crippen molar-refractivity contribution in [2.75, 3.05) is 12.8 Å². The summed E-state index contributed by atoms with van der Waals surface area (Å²) in [6.45, 7) is 1.58. The lowest BCUT2D eigenvalue weighted by molar-refractivity contribution is -0.137. The van der Waals surface area contributed by atoms with Gasteiger partial charge in [0.05, 0.1) is 18.4 Å². The van der Waals surface area contributed by atoms with Gasteiger partial charge in [0.2, 0.25) is 11.8 Å². The number of ether oxygens (including phenoxy) is 1. The van der Waals surface area contributed by atoms with E-state index in [2.05, 4.69) is 9.97 Å². The molecule has 2 N–H and O–H groups in total. The maximum Gasteiger partial charge on any atom is 0.416 e. The van der Waals surface area contributed by atoms with Crippen molar-refractivity contribution in [3.05, 3.63) is 35.4 Å². The van der Waals surface area contributed by atoms with Gasteiger partial charge in [0.25, 0.3) is 0 Å². The second-order valence-corrected chi connectivity index (χ2v) is 4.18. The number of alkyl halides is 3. The molecule has 0 aliphatic rings. The maximum atomic E-state index is 12.6. The predicted octanol–water partition coefficient (Wildman–Crippen LogP) is 3.06. The fourth-order valence-corrected chi connectivity index (χ4v) is 1.81. The number of methoxy groups -OCH3 is 1. The van der Waals surface area contributed by atoms with Crippen LogP contribution in [0.3, 0.4) is 0 Å². The molecule has 0 atom stereocenters. The molecule has 0 saturated carbocycles. The van der Waals surface area contributed by atoms with Crippen LogP contribution in [0.2, 0.25) is 0 Å². The highest BCUT2D eigenvalue weighted by atomic mass is 19.4. The quantitative estimate of drug-likeness (QED) is 0.920. The van der Waals surface area contributed by atoms with Gasteiger partial charge in [-0.1, -0.05) is 6.07 Å². The zero-order valence-corrected chi connectivity index (χ0v) is 10.8. The third-order valence-corrected chi connectivity index (χ3v) is 2.76. The second kappa shape index (κ2) is 4.99. The Morgan fingerprint density at radius 1 is 1.15 bits per heavy atom. The third kappa shape index (κ3) is 2.81. The number of rotatable bonds is 2. The van der Waals surface area contributed by atoms with Gasteiger partial charge >= 0.3 is 6.18 Å². The van der Waals surface area contributed by atoms with E-state index in [-0.39, 0.29) is 11.8 Å². The lowest BCUT2D eigenvalue weighted by Crippen LogP contribution is -2.05. The molecule has 20 heavy (non-hydrogen) atoms. The lowest BCUT2D eigenvalue weighted by Gasteiger charge is -2.11. The number of hydrogen-bond acceptors (Lipinski definition) is 4. The molecule has 4 nitrogen and oxygen atoms in total. The van der Waals surface area contributed by atoms with Crippen LogP contribution in [0.4, 0.5) is 19.1 Å². The molecular weight excluding hydrogens is 271 g/mol. The molecule has 1 heterocycles. The number of nitrogens with two attached hydrogens (primary N) is 1. The minimum Gasteiger partial charge on any atom is -0.481 e. The summed E-state index contributed by atoms with van der Waals surface area (Å²) in [5.74, 6) is 0.255. The molecule has 1 aromatic carbocycles. The monoisotopic (exact) mass is 283 g/mol. The van der Waals surface area contributed by atoms with Gasteiger partial charge < -0.3 is 10.5 Å². The molecule has 0 bridgehead atoms. The minimum atomic E-state index is -4.37. The number of aromatic nitrogens is 2. The topological polar surface area (TPSA) is 61.0 Å². The average Bonchev–Trinajstić information content (AvgIpc) is 2.36. The van der Waals surface area contributed by atoms with Crippen LogP contribution in [0, 0.1) is 6.92 Å². The molecule has 0 aliphatic heterocycles. The van der Waals surface area contributed by atoms with Crippen LogP contribution in [0.1, 0.15) is 11.1 Å². The summed E-state index contributed by atoms with van der Waals surface area (Å²) in [6.07, 6.45) is -4.37. The van der Waals surface area contributed by atoms with Crippen molar-refractivity contribution >= 4 is 5.95 Å². The van der Waals surface area contributed by atoms with Gasteiger partial charge in [0.1, 0.15) is 0 Å². The van der Waals surface area contributed by atoms with Gasteiger partial charge in [-0.15, -0.1) is 0 Å². The van der Waals surface area contributed by atoms with Crippen molar-refractivity contribution in [1.29, 1.82) is 0 Å². The first-order valence-electron chi connectivity index (χ1n) is 5.68. The van der Waals surface area contributed by atoms with E-state index in [1.165, 1.54) is 19.2 Å². The lowest BCUT2D eigenvalue weighted by atomic mass is 10.0. The molecule has 0 amide bonds. The number of halogens is 3. The summed E-state index contributed by atoms with van der Waals surface area (Å²) < 4.78 is 42.8. The molecule has 0 spiro atoms. The largest absolute Gasteiger partial charge is 0.481 e. The van der Waals surface area contributed by atoms with Crippen LogP contribution >= 0.6 is 0 Å². The van der Waals surface area contributed by atoms with Crippen LogP contribution < -0.4 is 10.5 Å². The number of nitrogens with zero attached hydrogens (tertiary/aromatic N) is 2. The second-order valence-electron chi connectivity index (χ2n) is 4.18. The Morgan fingerprint density at radius 2 is 1.85 bits per heavy atom. The Labute approximate surface area is 113 Å². The first-order chi connectivity index (χ1) is 9.31. The standard InChI is InChI=1S/C13H12F3N3O/c1-7-5-8(13(14,15)16)3-4-9(7)10-6-11(20-2)19-12(17)18-10/h3-6H,1-2H3,(H2,17,18,19). The van der Waals surface area contributed by atoms with E-state index in [9.17, 15) is 13.2 Å². The van der Waals surface area contributed by atoms with Gasteiger partial charge in [-0.25, -0.2) is 4.98 Å². The highest BCUT2D eigenvalue weighted by Crippen LogP contribution is 2.33. The molecule has 106 valence electrons. The minimum absolute atomic E-state index is 0.00125. The van der Waals surface area contributed by atoms with Crippen molar-refractivity contribution in [2.45, 2.75) is 13.1 Å². The Balaban J connectivity index is 2.51. The summed E-state index contributed by atoms with van der Waals surface area (Å²) in [5.41, 5.74) is 6.25.